The van der Waals surface area contributed by atoms with Gasteiger partial charge in [-0.1, -0.05) is 11.8 Å². The Labute approximate surface area is 127 Å². The van der Waals surface area contributed by atoms with Crippen molar-refractivity contribution in [3.8, 4) is 17.5 Å². The summed E-state index contributed by atoms with van der Waals surface area (Å²) in [6.45, 7) is 0.745. The minimum absolute atomic E-state index is 0.0806. The summed E-state index contributed by atoms with van der Waals surface area (Å²) in [5.74, 6) is 0. The van der Waals surface area contributed by atoms with E-state index in [2.05, 4.69) is 21.1 Å². The van der Waals surface area contributed by atoms with Crippen LogP contribution < -0.4 is 0 Å². The lowest BCUT2D eigenvalue weighted by Crippen LogP contribution is -2.20. The lowest BCUT2D eigenvalue weighted by molar-refractivity contribution is -0.0384. The molecule has 7 heteroatoms. The standard InChI is InChI=1S/C14H15N5OS/c1-21-14-16-9-10(8-15)13(18-14)11-5-6-17-19(11)12-4-2-3-7-20-12/h5-6,9,12H,2-4,7H2,1H3. The predicted molar refractivity (Wildman–Crippen MR) is 78.6 cm³/mol. The highest BCUT2D eigenvalue weighted by molar-refractivity contribution is 7.98. The normalized spacial score (nSPS) is 18.4. The second kappa shape index (κ2) is 6.24. The number of nitriles is 1. The van der Waals surface area contributed by atoms with Crippen molar-refractivity contribution in [3.05, 3.63) is 24.0 Å². The number of hydrogen-bond donors (Lipinski definition) is 0. The molecule has 0 bridgehead atoms. The highest BCUT2D eigenvalue weighted by Crippen LogP contribution is 2.29. The van der Waals surface area contributed by atoms with Gasteiger partial charge >= 0.3 is 0 Å². The van der Waals surface area contributed by atoms with Crippen LogP contribution in [0.25, 0.3) is 11.4 Å². The average molecular weight is 301 g/mol. The van der Waals surface area contributed by atoms with Crippen molar-refractivity contribution in [2.75, 3.05) is 12.9 Å². The molecule has 0 aromatic carbocycles. The van der Waals surface area contributed by atoms with Crippen LogP contribution in [0, 0.1) is 11.3 Å². The minimum atomic E-state index is -0.0806. The zero-order chi connectivity index (χ0) is 14.7. The van der Waals surface area contributed by atoms with Gasteiger partial charge in [0.2, 0.25) is 0 Å². The maximum absolute atomic E-state index is 9.28. The summed E-state index contributed by atoms with van der Waals surface area (Å²) in [5, 5.41) is 14.3. The molecule has 1 saturated heterocycles. The smallest absolute Gasteiger partial charge is 0.187 e. The Hall–Kier alpha value is -1.91. The fourth-order valence-corrected chi connectivity index (χ4v) is 2.73. The van der Waals surface area contributed by atoms with Crippen LogP contribution in [-0.2, 0) is 4.74 Å². The molecule has 21 heavy (non-hydrogen) atoms. The monoisotopic (exact) mass is 301 g/mol. The van der Waals surface area contributed by atoms with Gasteiger partial charge in [0.25, 0.3) is 0 Å². The summed E-state index contributed by atoms with van der Waals surface area (Å²) in [6, 6.07) is 4.02. The zero-order valence-electron chi connectivity index (χ0n) is 11.7. The van der Waals surface area contributed by atoms with Crippen molar-refractivity contribution in [1.82, 2.24) is 19.7 Å². The Balaban J connectivity index is 2.05. The van der Waals surface area contributed by atoms with Crippen LogP contribution in [0.3, 0.4) is 0 Å². The molecule has 2 aromatic heterocycles. The molecule has 6 nitrogen and oxygen atoms in total. The fourth-order valence-electron chi connectivity index (χ4n) is 2.39. The first-order chi connectivity index (χ1) is 10.3. The van der Waals surface area contributed by atoms with Crippen molar-refractivity contribution in [2.45, 2.75) is 30.6 Å². The van der Waals surface area contributed by atoms with Crippen LogP contribution in [-0.4, -0.2) is 32.6 Å². The SMILES string of the molecule is CSc1ncc(C#N)c(-c2ccnn2C2CCCCO2)n1. The number of ether oxygens (including phenoxy) is 1. The maximum Gasteiger partial charge on any atom is 0.187 e. The minimum Gasteiger partial charge on any atom is -0.356 e. The third-order valence-electron chi connectivity index (χ3n) is 3.41. The Kier molecular flexibility index (Phi) is 4.18. The molecule has 1 fully saturated rings. The summed E-state index contributed by atoms with van der Waals surface area (Å²) in [6.07, 6.45) is 8.24. The summed E-state index contributed by atoms with van der Waals surface area (Å²) in [7, 11) is 0. The summed E-state index contributed by atoms with van der Waals surface area (Å²) >= 11 is 1.45. The number of thioether (sulfide) groups is 1. The molecule has 0 amide bonds. The summed E-state index contributed by atoms with van der Waals surface area (Å²) in [5.41, 5.74) is 1.87. The third-order valence-corrected chi connectivity index (χ3v) is 3.97. The van der Waals surface area contributed by atoms with E-state index in [1.807, 2.05) is 17.0 Å². The maximum atomic E-state index is 9.28. The van der Waals surface area contributed by atoms with E-state index in [-0.39, 0.29) is 6.23 Å². The zero-order valence-corrected chi connectivity index (χ0v) is 12.5. The van der Waals surface area contributed by atoms with Crippen LogP contribution in [0.5, 0.6) is 0 Å². The third kappa shape index (κ3) is 2.77. The highest BCUT2D eigenvalue weighted by atomic mass is 32.2. The second-order valence-corrected chi connectivity index (χ2v) is 5.49. The first-order valence-electron chi connectivity index (χ1n) is 6.80. The average Bonchev–Trinajstić information content (AvgIpc) is 3.04. The predicted octanol–water partition coefficient (Wildman–Crippen LogP) is 2.63. The van der Waals surface area contributed by atoms with Crippen LogP contribution in [0.15, 0.2) is 23.6 Å². The lowest BCUT2D eigenvalue weighted by Gasteiger charge is -2.24. The lowest BCUT2D eigenvalue weighted by atomic mass is 10.1. The van der Waals surface area contributed by atoms with Crippen molar-refractivity contribution < 1.29 is 4.74 Å². The molecule has 0 N–H and O–H groups in total. The number of aromatic nitrogens is 4. The highest BCUT2D eigenvalue weighted by Gasteiger charge is 2.22. The van der Waals surface area contributed by atoms with E-state index < -0.39 is 0 Å². The molecule has 0 saturated carbocycles. The summed E-state index contributed by atoms with van der Waals surface area (Å²) in [4.78, 5) is 8.62. The van der Waals surface area contributed by atoms with Gasteiger partial charge in [-0.15, -0.1) is 0 Å². The van der Waals surface area contributed by atoms with E-state index in [4.69, 9.17) is 4.74 Å². The topological polar surface area (TPSA) is 76.6 Å². The van der Waals surface area contributed by atoms with Crippen LogP contribution in [0.4, 0.5) is 0 Å². The summed E-state index contributed by atoms with van der Waals surface area (Å²) < 4.78 is 7.61. The van der Waals surface area contributed by atoms with Crippen molar-refractivity contribution >= 4 is 11.8 Å². The Morgan fingerprint density at radius 2 is 2.38 bits per heavy atom. The first kappa shape index (κ1) is 14.0. The van der Waals surface area contributed by atoms with Crippen LogP contribution in [0.2, 0.25) is 0 Å². The van der Waals surface area contributed by atoms with Gasteiger partial charge in [-0.25, -0.2) is 14.6 Å². The largest absolute Gasteiger partial charge is 0.356 e. The van der Waals surface area contributed by atoms with Gasteiger partial charge < -0.3 is 4.74 Å². The number of nitrogens with zero attached hydrogens (tertiary/aromatic N) is 5. The molecule has 0 aliphatic carbocycles. The molecule has 0 radical (unpaired) electrons. The van der Waals surface area contributed by atoms with Gasteiger partial charge in [-0.2, -0.15) is 10.4 Å². The van der Waals surface area contributed by atoms with E-state index in [1.54, 1.807) is 12.4 Å². The van der Waals surface area contributed by atoms with Gasteiger partial charge in [0, 0.05) is 19.0 Å². The number of hydrogen-bond acceptors (Lipinski definition) is 6. The van der Waals surface area contributed by atoms with E-state index in [1.165, 1.54) is 11.8 Å². The molecular weight excluding hydrogens is 286 g/mol. The molecule has 1 aliphatic rings. The van der Waals surface area contributed by atoms with E-state index in [9.17, 15) is 5.26 Å². The van der Waals surface area contributed by atoms with E-state index in [0.29, 0.717) is 16.4 Å². The molecule has 3 heterocycles. The molecule has 3 rings (SSSR count). The van der Waals surface area contributed by atoms with Crippen molar-refractivity contribution in [1.29, 1.82) is 5.26 Å². The molecule has 0 spiro atoms. The quantitative estimate of drug-likeness (QED) is 0.640. The Bertz CT molecular complexity index is 672. The van der Waals surface area contributed by atoms with Gasteiger partial charge in [-0.3, -0.25) is 0 Å². The van der Waals surface area contributed by atoms with Crippen LogP contribution >= 0.6 is 11.8 Å². The van der Waals surface area contributed by atoms with Gasteiger partial charge in [0.1, 0.15) is 11.8 Å². The van der Waals surface area contributed by atoms with Crippen LogP contribution in [0.1, 0.15) is 31.1 Å². The second-order valence-electron chi connectivity index (χ2n) is 4.71. The molecule has 1 unspecified atom stereocenters. The van der Waals surface area contributed by atoms with E-state index in [0.717, 1.165) is 31.6 Å². The first-order valence-corrected chi connectivity index (χ1v) is 8.02. The molecule has 108 valence electrons. The van der Waals surface area contributed by atoms with Crippen molar-refractivity contribution in [3.63, 3.8) is 0 Å². The van der Waals surface area contributed by atoms with Gasteiger partial charge in [0.15, 0.2) is 11.4 Å². The molecule has 1 aliphatic heterocycles. The Morgan fingerprint density at radius 3 is 3.10 bits per heavy atom. The van der Waals surface area contributed by atoms with E-state index >= 15 is 0 Å². The molecular formula is C14H15N5OS. The Morgan fingerprint density at radius 1 is 1.48 bits per heavy atom. The van der Waals surface area contributed by atoms with Gasteiger partial charge in [0.05, 0.1) is 11.3 Å². The van der Waals surface area contributed by atoms with Crippen molar-refractivity contribution in [2.24, 2.45) is 0 Å². The number of rotatable bonds is 3. The fraction of sp³-hybridized carbons (Fsp3) is 0.429. The molecule has 2 aromatic rings. The molecule has 1 atom stereocenters. The van der Waals surface area contributed by atoms with Gasteiger partial charge in [-0.05, 0) is 31.6 Å².